The molecule has 0 saturated heterocycles. The number of aromatic nitrogens is 4. The van der Waals surface area contributed by atoms with Crippen LogP contribution in [0.5, 0.6) is 0 Å². The van der Waals surface area contributed by atoms with Crippen LogP contribution < -0.4 is 0 Å². The van der Waals surface area contributed by atoms with Gasteiger partial charge in [0.05, 0.1) is 35.1 Å². The van der Waals surface area contributed by atoms with Gasteiger partial charge in [-0.15, -0.1) is 0 Å². The van der Waals surface area contributed by atoms with Crippen molar-refractivity contribution in [2.45, 2.75) is 19.9 Å². The van der Waals surface area contributed by atoms with Crippen molar-refractivity contribution < 1.29 is 0 Å². The first-order valence-corrected chi connectivity index (χ1v) is 6.40. The lowest BCUT2D eigenvalue weighted by molar-refractivity contribution is 0.624. The third-order valence-electron chi connectivity index (χ3n) is 3.18. The Kier molecular flexibility index (Phi) is 2.92. The Hall–Kier alpha value is -2.74. The molecule has 0 aliphatic carbocycles. The number of fused-ring (bicyclic) bond motifs is 1. The van der Waals surface area contributed by atoms with Crippen LogP contribution in [0.1, 0.15) is 25.5 Å². The van der Waals surface area contributed by atoms with Crippen molar-refractivity contribution in [3.63, 3.8) is 0 Å². The van der Waals surface area contributed by atoms with E-state index in [1.54, 1.807) is 12.4 Å². The molecule has 0 spiro atoms. The van der Waals surface area contributed by atoms with Gasteiger partial charge in [0.1, 0.15) is 5.82 Å². The molecule has 2 aromatic heterocycles. The van der Waals surface area contributed by atoms with Gasteiger partial charge in [-0.05, 0) is 38.1 Å². The molecule has 98 valence electrons. The highest BCUT2D eigenvalue weighted by Gasteiger charge is 2.15. The van der Waals surface area contributed by atoms with Crippen LogP contribution >= 0.6 is 0 Å². The van der Waals surface area contributed by atoms with Crippen LogP contribution in [0.25, 0.3) is 22.4 Å². The minimum atomic E-state index is 0.260. The van der Waals surface area contributed by atoms with Gasteiger partial charge in [-0.25, -0.2) is 4.98 Å². The number of hydrogen-bond donors (Lipinski definition) is 0. The smallest absolute Gasteiger partial charge is 0.143 e. The predicted molar refractivity (Wildman–Crippen MR) is 75.9 cm³/mol. The molecule has 5 nitrogen and oxygen atoms in total. The largest absolute Gasteiger partial charge is 0.321 e. The number of nitrogens with zero attached hydrogens (tertiary/aromatic N) is 5. The maximum atomic E-state index is 9.00. The highest BCUT2D eigenvalue weighted by molar-refractivity contribution is 5.82. The highest BCUT2D eigenvalue weighted by Crippen LogP contribution is 2.28. The topological polar surface area (TPSA) is 67.4 Å². The molecular weight excluding hydrogens is 250 g/mol. The Balaban J connectivity index is 2.32. The lowest BCUT2D eigenvalue weighted by Gasteiger charge is -2.12. The molecule has 0 N–H and O–H groups in total. The van der Waals surface area contributed by atoms with Crippen LogP contribution in [0.2, 0.25) is 0 Å². The van der Waals surface area contributed by atoms with Crippen LogP contribution in [0.3, 0.4) is 0 Å². The van der Waals surface area contributed by atoms with E-state index in [2.05, 4.69) is 39.7 Å². The van der Waals surface area contributed by atoms with Gasteiger partial charge in [-0.3, -0.25) is 0 Å². The second-order valence-corrected chi connectivity index (χ2v) is 4.85. The molecule has 2 heterocycles. The van der Waals surface area contributed by atoms with Gasteiger partial charge in [0.25, 0.3) is 0 Å². The summed E-state index contributed by atoms with van der Waals surface area (Å²) in [5, 5.41) is 16.7. The minimum Gasteiger partial charge on any atom is -0.321 e. The lowest BCUT2D eigenvalue weighted by Crippen LogP contribution is -2.03. The third kappa shape index (κ3) is 1.91. The molecule has 0 atom stereocenters. The van der Waals surface area contributed by atoms with Crippen LogP contribution in [0.15, 0.2) is 36.7 Å². The maximum Gasteiger partial charge on any atom is 0.143 e. The molecule has 1 aromatic carbocycles. The third-order valence-corrected chi connectivity index (χ3v) is 3.18. The fraction of sp³-hybridized carbons (Fsp3) is 0.200. The Morgan fingerprint density at radius 3 is 2.70 bits per heavy atom. The van der Waals surface area contributed by atoms with Crippen molar-refractivity contribution in [2.24, 2.45) is 0 Å². The molecule has 0 radical (unpaired) electrons. The predicted octanol–water partition coefficient (Wildman–Crippen LogP) is 2.95. The molecule has 0 unspecified atom stereocenters. The van der Waals surface area contributed by atoms with E-state index in [0.29, 0.717) is 5.56 Å². The molecule has 0 aliphatic heterocycles. The second kappa shape index (κ2) is 4.74. The number of imidazole rings is 1. The van der Waals surface area contributed by atoms with Crippen molar-refractivity contribution in [3.05, 3.63) is 42.2 Å². The molecule has 0 saturated carbocycles. The zero-order valence-electron chi connectivity index (χ0n) is 11.3. The second-order valence-electron chi connectivity index (χ2n) is 4.85. The minimum absolute atomic E-state index is 0.260. The fourth-order valence-corrected chi connectivity index (χ4v) is 2.32. The van der Waals surface area contributed by atoms with Crippen LogP contribution in [0, 0.1) is 11.3 Å². The van der Waals surface area contributed by atoms with Gasteiger partial charge in [-0.2, -0.15) is 15.5 Å². The summed E-state index contributed by atoms with van der Waals surface area (Å²) in [5.74, 6) is 0.847. The van der Waals surface area contributed by atoms with E-state index in [0.717, 1.165) is 22.4 Å². The summed E-state index contributed by atoms with van der Waals surface area (Å²) < 4.78 is 2.15. The number of nitriles is 1. The van der Waals surface area contributed by atoms with Gasteiger partial charge in [0.2, 0.25) is 0 Å². The Bertz CT molecular complexity index is 796. The van der Waals surface area contributed by atoms with Gasteiger partial charge in [-0.1, -0.05) is 0 Å². The fourth-order valence-electron chi connectivity index (χ4n) is 2.32. The standard InChI is InChI=1S/C15H13N5/c1-10(2)20-14-4-3-11(8-16)7-13(14)19-15(20)12-5-6-17-18-9-12/h3-7,9-10H,1-2H3. The van der Waals surface area contributed by atoms with Gasteiger partial charge >= 0.3 is 0 Å². The molecular formula is C15H13N5. The monoisotopic (exact) mass is 263 g/mol. The average Bonchev–Trinajstić information content (AvgIpc) is 2.86. The van der Waals surface area contributed by atoms with E-state index < -0.39 is 0 Å². The van der Waals surface area contributed by atoms with E-state index in [4.69, 9.17) is 5.26 Å². The summed E-state index contributed by atoms with van der Waals surface area (Å²) >= 11 is 0. The van der Waals surface area contributed by atoms with E-state index in [9.17, 15) is 0 Å². The summed E-state index contributed by atoms with van der Waals surface area (Å²) in [6, 6.07) is 9.86. The van der Waals surface area contributed by atoms with E-state index in [1.165, 1.54) is 0 Å². The number of rotatable bonds is 2. The molecule has 20 heavy (non-hydrogen) atoms. The van der Waals surface area contributed by atoms with Gasteiger partial charge < -0.3 is 4.57 Å². The van der Waals surface area contributed by atoms with Crippen LogP contribution in [-0.2, 0) is 0 Å². The van der Waals surface area contributed by atoms with Crippen LogP contribution in [-0.4, -0.2) is 19.7 Å². The first-order valence-electron chi connectivity index (χ1n) is 6.40. The molecule has 0 amide bonds. The zero-order chi connectivity index (χ0) is 14.1. The first-order chi connectivity index (χ1) is 9.70. The van der Waals surface area contributed by atoms with Gasteiger partial charge in [0.15, 0.2) is 0 Å². The quantitative estimate of drug-likeness (QED) is 0.713. The van der Waals surface area contributed by atoms with Crippen molar-refractivity contribution in [1.29, 1.82) is 5.26 Å². The summed E-state index contributed by atoms with van der Waals surface area (Å²) in [6.45, 7) is 4.22. The van der Waals surface area contributed by atoms with Gasteiger partial charge in [0, 0.05) is 11.6 Å². The summed E-state index contributed by atoms with van der Waals surface area (Å²) in [5.41, 5.74) is 3.38. The molecule has 0 bridgehead atoms. The Morgan fingerprint density at radius 2 is 2.05 bits per heavy atom. The molecule has 0 aliphatic rings. The molecule has 3 rings (SSSR count). The Labute approximate surface area is 116 Å². The SMILES string of the molecule is CC(C)n1c(-c2ccnnc2)nc2cc(C#N)ccc21. The van der Waals surface area contributed by atoms with Crippen molar-refractivity contribution in [1.82, 2.24) is 19.7 Å². The highest BCUT2D eigenvalue weighted by atomic mass is 15.1. The normalized spacial score (nSPS) is 10.9. The Morgan fingerprint density at radius 1 is 1.20 bits per heavy atom. The van der Waals surface area contributed by atoms with E-state index in [1.807, 2.05) is 24.3 Å². The number of hydrogen-bond acceptors (Lipinski definition) is 4. The van der Waals surface area contributed by atoms with Crippen LogP contribution in [0.4, 0.5) is 0 Å². The molecule has 3 aromatic rings. The maximum absolute atomic E-state index is 9.00. The average molecular weight is 263 g/mol. The van der Waals surface area contributed by atoms with Crippen molar-refractivity contribution in [2.75, 3.05) is 0 Å². The molecule has 0 fully saturated rings. The summed E-state index contributed by atoms with van der Waals surface area (Å²) in [7, 11) is 0. The van der Waals surface area contributed by atoms with Crippen molar-refractivity contribution in [3.8, 4) is 17.5 Å². The first kappa shape index (κ1) is 12.3. The lowest BCUT2D eigenvalue weighted by atomic mass is 10.2. The zero-order valence-corrected chi connectivity index (χ0v) is 11.3. The number of benzene rings is 1. The van der Waals surface area contributed by atoms with E-state index >= 15 is 0 Å². The van der Waals surface area contributed by atoms with Crippen molar-refractivity contribution >= 4 is 11.0 Å². The molecule has 5 heteroatoms. The summed E-state index contributed by atoms with van der Waals surface area (Å²) in [6.07, 6.45) is 3.35. The van der Waals surface area contributed by atoms with E-state index in [-0.39, 0.29) is 6.04 Å². The summed E-state index contributed by atoms with van der Waals surface area (Å²) in [4.78, 5) is 4.66.